The summed E-state index contributed by atoms with van der Waals surface area (Å²) in [5.74, 6) is -1.06. The number of alkyl carbamates (subject to hydrolysis) is 1. The highest BCUT2D eigenvalue weighted by molar-refractivity contribution is 5.73. The summed E-state index contributed by atoms with van der Waals surface area (Å²) >= 11 is 0. The number of nitrogens with one attached hydrogen (secondary N) is 1. The van der Waals surface area contributed by atoms with Gasteiger partial charge in [0.1, 0.15) is 12.6 Å². The summed E-state index contributed by atoms with van der Waals surface area (Å²) in [4.78, 5) is 21.6. The molecule has 5 N–H and O–H groups in total. The van der Waals surface area contributed by atoms with Gasteiger partial charge < -0.3 is 30.7 Å². The minimum absolute atomic E-state index is 0.0208. The molecule has 222 valence electrons. The van der Waals surface area contributed by atoms with Crippen molar-refractivity contribution >= 4 is 12.1 Å². The van der Waals surface area contributed by atoms with Gasteiger partial charge in [-0.3, -0.25) is 4.79 Å². The summed E-state index contributed by atoms with van der Waals surface area (Å²) in [6.45, 7) is 7.03. The van der Waals surface area contributed by atoms with Gasteiger partial charge in [-0.05, 0) is 12.3 Å². The molecule has 8 heteroatoms. The predicted molar refractivity (Wildman–Crippen MR) is 152 cm³/mol. The van der Waals surface area contributed by atoms with Gasteiger partial charge in [0.15, 0.2) is 0 Å². The first-order valence-electron chi connectivity index (χ1n) is 14.8. The number of aliphatic carboxylic acids is 1. The first-order chi connectivity index (χ1) is 17.8. The van der Waals surface area contributed by atoms with E-state index in [1.54, 1.807) is 21.0 Å². The van der Waals surface area contributed by atoms with Crippen LogP contribution in [0.3, 0.4) is 0 Å². The highest BCUT2D eigenvalue weighted by Crippen LogP contribution is 2.13. The van der Waals surface area contributed by atoms with Gasteiger partial charge in [0.05, 0.1) is 13.2 Å². The van der Waals surface area contributed by atoms with E-state index in [9.17, 15) is 9.59 Å². The number of carbonyl (C=O) groups is 2. The normalized spacial score (nSPS) is 12.5. The molecule has 0 aliphatic rings. The topological polar surface area (TPSA) is 131 Å². The summed E-state index contributed by atoms with van der Waals surface area (Å²) in [7, 11) is 1.57. The lowest BCUT2D eigenvalue weighted by molar-refractivity contribution is -0.139. The molecule has 2 atom stereocenters. The number of rotatable bonds is 24. The molecular weight excluding hydrogens is 472 g/mol. The molecule has 0 heterocycles. The third kappa shape index (κ3) is 29.0. The van der Waals surface area contributed by atoms with E-state index in [0.29, 0.717) is 13.2 Å². The second-order valence-electron chi connectivity index (χ2n) is 10.4. The zero-order valence-electron chi connectivity index (χ0n) is 24.5. The minimum atomic E-state index is -0.931. The van der Waals surface area contributed by atoms with Crippen LogP contribution in [-0.2, 0) is 14.3 Å². The van der Waals surface area contributed by atoms with Crippen molar-refractivity contribution < 1.29 is 29.3 Å². The Labute approximate surface area is 227 Å². The van der Waals surface area contributed by atoms with Crippen molar-refractivity contribution in [3.05, 3.63) is 0 Å². The molecule has 0 fully saturated rings. The Bertz CT molecular complexity index is 505. The van der Waals surface area contributed by atoms with Gasteiger partial charge in [-0.25, -0.2) is 4.79 Å². The Kier molecular flexibility index (Phi) is 29.8. The monoisotopic (exact) mass is 532 g/mol. The summed E-state index contributed by atoms with van der Waals surface area (Å²) in [5.41, 5.74) is 5.16. The van der Waals surface area contributed by atoms with Gasteiger partial charge in [0.2, 0.25) is 0 Å². The Morgan fingerprint density at radius 3 is 1.54 bits per heavy atom. The van der Waals surface area contributed by atoms with E-state index in [0.717, 1.165) is 12.8 Å². The molecular formula is C29H60N2O6. The average molecular weight is 533 g/mol. The zero-order valence-corrected chi connectivity index (χ0v) is 24.5. The van der Waals surface area contributed by atoms with E-state index >= 15 is 0 Å². The molecule has 0 bridgehead atoms. The molecule has 0 aromatic rings. The smallest absolute Gasteiger partial charge is 0.407 e. The largest absolute Gasteiger partial charge is 0.480 e. The number of aliphatic hydroxyl groups is 1. The second-order valence-corrected chi connectivity index (χ2v) is 10.4. The number of hydrogen-bond donors (Lipinski definition) is 4. The summed E-state index contributed by atoms with van der Waals surface area (Å²) < 4.78 is 10.0. The maximum absolute atomic E-state index is 11.6. The van der Waals surface area contributed by atoms with Gasteiger partial charge >= 0.3 is 12.1 Å². The van der Waals surface area contributed by atoms with E-state index in [-0.39, 0.29) is 25.0 Å². The molecule has 0 aromatic carbocycles. The highest BCUT2D eigenvalue weighted by Gasteiger charge is 2.14. The number of carboxylic acid groups (broad SMARTS) is 1. The third-order valence-electron chi connectivity index (χ3n) is 6.41. The van der Waals surface area contributed by atoms with Crippen LogP contribution in [0.15, 0.2) is 0 Å². The average Bonchev–Trinajstić information content (AvgIpc) is 2.88. The second kappa shape index (κ2) is 29.2. The van der Waals surface area contributed by atoms with Gasteiger partial charge in [-0.1, -0.05) is 117 Å². The number of unbranched alkanes of at least 4 members (excludes halogenated alkanes) is 15. The number of carboxylic acids is 1. The quantitative estimate of drug-likeness (QED) is 0.108. The molecule has 8 nitrogen and oxygen atoms in total. The summed E-state index contributed by atoms with van der Waals surface area (Å²) in [6.07, 6.45) is 21.1. The maximum atomic E-state index is 11.6. The van der Waals surface area contributed by atoms with E-state index < -0.39 is 18.1 Å². The maximum Gasteiger partial charge on any atom is 0.407 e. The van der Waals surface area contributed by atoms with E-state index in [2.05, 4.69) is 12.2 Å². The molecule has 0 aliphatic carbocycles. The first kappa shape index (κ1) is 37.8. The van der Waals surface area contributed by atoms with Gasteiger partial charge in [-0.2, -0.15) is 0 Å². The van der Waals surface area contributed by atoms with Crippen LogP contribution in [0, 0.1) is 11.8 Å². The van der Waals surface area contributed by atoms with E-state index in [1.807, 2.05) is 0 Å². The number of carbonyl (C=O) groups excluding carboxylic acids is 1. The molecule has 0 saturated carbocycles. The Morgan fingerprint density at radius 2 is 1.22 bits per heavy atom. The molecule has 0 radical (unpaired) electrons. The molecule has 37 heavy (non-hydrogen) atoms. The summed E-state index contributed by atoms with van der Waals surface area (Å²) in [5, 5.41) is 20.1. The third-order valence-corrected chi connectivity index (χ3v) is 6.41. The Hall–Kier alpha value is -1.38. The highest BCUT2D eigenvalue weighted by atomic mass is 16.6. The molecule has 0 spiro atoms. The van der Waals surface area contributed by atoms with Gasteiger partial charge in [-0.15, -0.1) is 0 Å². The lowest BCUT2D eigenvalue weighted by atomic mass is 10.0. The summed E-state index contributed by atoms with van der Waals surface area (Å²) in [6, 6.07) is -0.713. The number of amides is 1. The first-order valence-corrected chi connectivity index (χ1v) is 14.8. The molecule has 0 saturated heterocycles. The van der Waals surface area contributed by atoms with Crippen LogP contribution in [0.5, 0.6) is 0 Å². The van der Waals surface area contributed by atoms with Crippen LogP contribution in [0.1, 0.15) is 124 Å². The Morgan fingerprint density at radius 1 is 0.784 bits per heavy atom. The van der Waals surface area contributed by atoms with Crippen LogP contribution in [0.4, 0.5) is 4.79 Å². The SMILES string of the molecule is CC(C)[C@H](N)C(=O)O.CCCCCCCCCCCCCCCCCCNC(=O)OCC(CO)COC. The van der Waals surface area contributed by atoms with E-state index in [1.165, 1.54) is 89.9 Å². The van der Waals surface area contributed by atoms with Crippen LogP contribution in [-0.4, -0.2) is 61.8 Å². The van der Waals surface area contributed by atoms with Crippen molar-refractivity contribution in [2.45, 2.75) is 130 Å². The lowest BCUT2D eigenvalue weighted by Gasteiger charge is -2.13. The molecule has 1 amide bonds. The van der Waals surface area contributed by atoms with Gasteiger partial charge in [0, 0.05) is 19.6 Å². The molecule has 0 rings (SSSR count). The number of aliphatic hydroxyl groups excluding tert-OH is 1. The van der Waals surface area contributed by atoms with Crippen molar-refractivity contribution in [1.82, 2.24) is 5.32 Å². The van der Waals surface area contributed by atoms with Crippen molar-refractivity contribution in [1.29, 1.82) is 0 Å². The fourth-order valence-corrected chi connectivity index (χ4v) is 3.78. The fourth-order valence-electron chi connectivity index (χ4n) is 3.78. The van der Waals surface area contributed by atoms with Crippen molar-refractivity contribution in [2.24, 2.45) is 17.6 Å². The Balaban J connectivity index is 0. The zero-order chi connectivity index (χ0) is 28.2. The van der Waals surface area contributed by atoms with Crippen molar-refractivity contribution in [2.75, 3.05) is 33.5 Å². The van der Waals surface area contributed by atoms with Crippen LogP contribution in [0.25, 0.3) is 0 Å². The van der Waals surface area contributed by atoms with Crippen LogP contribution in [0.2, 0.25) is 0 Å². The molecule has 1 unspecified atom stereocenters. The standard InChI is InChI=1S/C24H49NO4.C5H11NO2/c1-3-4-5-6-7-8-9-10-11-12-13-14-15-16-17-18-19-25-24(27)29-22-23(20-26)21-28-2;1-3(2)4(6)5(7)8/h23,26H,3-22H2,1-2H3,(H,25,27);3-4H,6H2,1-2H3,(H,7,8)/t;4-/m.0/s1. The van der Waals surface area contributed by atoms with Crippen LogP contribution < -0.4 is 11.1 Å². The lowest BCUT2D eigenvalue weighted by Crippen LogP contribution is -2.34. The molecule has 0 aliphatic heterocycles. The fraction of sp³-hybridized carbons (Fsp3) is 0.931. The number of hydrogen-bond acceptors (Lipinski definition) is 6. The number of nitrogens with two attached hydrogens (primary N) is 1. The number of ether oxygens (including phenoxy) is 2. The van der Waals surface area contributed by atoms with Crippen molar-refractivity contribution in [3.8, 4) is 0 Å². The number of methoxy groups -OCH3 is 1. The van der Waals surface area contributed by atoms with Crippen LogP contribution >= 0.6 is 0 Å². The van der Waals surface area contributed by atoms with Gasteiger partial charge in [0.25, 0.3) is 0 Å². The predicted octanol–water partition coefficient (Wildman–Crippen LogP) is 6.28. The van der Waals surface area contributed by atoms with E-state index in [4.69, 9.17) is 25.4 Å². The van der Waals surface area contributed by atoms with Crippen molar-refractivity contribution in [3.63, 3.8) is 0 Å². The molecule has 0 aromatic heterocycles. The minimum Gasteiger partial charge on any atom is -0.480 e.